The number of nitrogens with one attached hydrogen (secondary N) is 2. The van der Waals surface area contributed by atoms with E-state index in [-0.39, 0.29) is 5.82 Å². The molecule has 2 rings (SSSR count). The smallest absolute Gasteiger partial charge is 0.191 e. The van der Waals surface area contributed by atoms with E-state index in [9.17, 15) is 4.39 Å². The molecule has 5 heteroatoms. The lowest BCUT2D eigenvalue weighted by Crippen LogP contribution is -2.40. The van der Waals surface area contributed by atoms with Crippen molar-refractivity contribution in [2.45, 2.75) is 24.3 Å². The lowest BCUT2D eigenvalue weighted by molar-refractivity contribution is 0.626. The van der Waals surface area contributed by atoms with Crippen LogP contribution in [0.15, 0.2) is 34.2 Å². The van der Waals surface area contributed by atoms with Gasteiger partial charge in [0, 0.05) is 30.3 Å². The van der Waals surface area contributed by atoms with Crippen LogP contribution in [-0.2, 0) is 0 Å². The fraction of sp³-hybridized carbons (Fsp3) is 0.500. The molecule has 1 saturated carbocycles. The van der Waals surface area contributed by atoms with E-state index in [2.05, 4.69) is 22.5 Å². The Balaban J connectivity index is 1.64. The number of aliphatic imine (C=N–C) groups is 1. The van der Waals surface area contributed by atoms with Crippen molar-refractivity contribution >= 4 is 17.7 Å². The average molecular weight is 281 g/mol. The first-order valence-electron chi connectivity index (χ1n) is 6.54. The van der Waals surface area contributed by atoms with Crippen molar-refractivity contribution in [3.05, 3.63) is 30.1 Å². The summed E-state index contributed by atoms with van der Waals surface area (Å²) in [4.78, 5) is 5.28. The maximum atomic E-state index is 12.7. The third-order valence-corrected chi connectivity index (χ3v) is 4.15. The van der Waals surface area contributed by atoms with E-state index in [1.165, 1.54) is 18.6 Å². The number of rotatable bonds is 5. The molecule has 0 bridgehead atoms. The minimum atomic E-state index is -0.189. The molecule has 3 nitrogen and oxygen atoms in total. The molecule has 1 aromatic rings. The Bertz CT molecular complexity index is 433. The third-order valence-electron chi connectivity index (χ3n) is 3.13. The number of hydrogen-bond donors (Lipinski definition) is 2. The molecule has 0 radical (unpaired) electrons. The summed E-state index contributed by atoms with van der Waals surface area (Å²) in [7, 11) is 1.79. The summed E-state index contributed by atoms with van der Waals surface area (Å²) in [6, 6.07) is 7.17. The van der Waals surface area contributed by atoms with E-state index in [0.29, 0.717) is 6.04 Å². The van der Waals surface area contributed by atoms with Gasteiger partial charge in [0.2, 0.25) is 0 Å². The molecule has 0 spiro atoms. The second kappa shape index (κ2) is 6.80. The van der Waals surface area contributed by atoms with E-state index >= 15 is 0 Å². The Hall–Kier alpha value is -1.23. The Kier molecular flexibility index (Phi) is 5.07. The highest BCUT2D eigenvalue weighted by Gasteiger charge is 2.33. The van der Waals surface area contributed by atoms with Crippen molar-refractivity contribution in [2.24, 2.45) is 10.9 Å². The van der Waals surface area contributed by atoms with Crippen LogP contribution < -0.4 is 10.6 Å². The van der Waals surface area contributed by atoms with Crippen LogP contribution in [0.4, 0.5) is 4.39 Å². The molecule has 1 aromatic carbocycles. The predicted molar refractivity (Wildman–Crippen MR) is 79.2 cm³/mol. The SMILES string of the molecule is CN=C(NCCSc1ccc(F)cc1)NC1CC1C. The van der Waals surface area contributed by atoms with E-state index in [1.807, 2.05) is 0 Å². The molecule has 104 valence electrons. The van der Waals surface area contributed by atoms with Gasteiger partial charge in [0.05, 0.1) is 0 Å². The summed E-state index contributed by atoms with van der Waals surface area (Å²) in [6.45, 7) is 3.07. The Morgan fingerprint density at radius 2 is 2.11 bits per heavy atom. The zero-order valence-electron chi connectivity index (χ0n) is 11.3. The van der Waals surface area contributed by atoms with Gasteiger partial charge in [0.1, 0.15) is 5.82 Å². The van der Waals surface area contributed by atoms with E-state index in [0.717, 1.165) is 29.1 Å². The van der Waals surface area contributed by atoms with Gasteiger partial charge in [0.15, 0.2) is 5.96 Å². The molecule has 19 heavy (non-hydrogen) atoms. The van der Waals surface area contributed by atoms with Crippen LogP contribution in [-0.4, -0.2) is 31.3 Å². The normalized spacial score (nSPS) is 22.2. The van der Waals surface area contributed by atoms with E-state index in [4.69, 9.17) is 0 Å². The molecule has 2 N–H and O–H groups in total. The van der Waals surface area contributed by atoms with Gasteiger partial charge in [-0.1, -0.05) is 6.92 Å². The third kappa shape index (κ3) is 4.74. The highest BCUT2D eigenvalue weighted by atomic mass is 32.2. The standard InChI is InChI=1S/C14H20FN3S/c1-10-9-13(10)18-14(16-2)17-7-8-19-12-5-3-11(15)4-6-12/h3-6,10,13H,7-9H2,1-2H3,(H2,16,17,18). The minimum absolute atomic E-state index is 0.189. The number of nitrogens with zero attached hydrogens (tertiary/aromatic N) is 1. The van der Waals surface area contributed by atoms with Crippen molar-refractivity contribution in [1.29, 1.82) is 0 Å². The average Bonchev–Trinajstić information content (AvgIpc) is 3.11. The van der Waals surface area contributed by atoms with Gasteiger partial charge >= 0.3 is 0 Å². The van der Waals surface area contributed by atoms with Crippen LogP contribution in [0.25, 0.3) is 0 Å². The lowest BCUT2D eigenvalue weighted by Gasteiger charge is -2.11. The van der Waals surface area contributed by atoms with Crippen molar-refractivity contribution in [3.8, 4) is 0 Å². The monoisotopic (exact) mass is 281 g/mol. The van der Waals surface area contributed by atoms with Crippen molar-refractivity contribution in [1.82, 2.24) is 10.6 Å². The topological polar surface area (TPSA) is 36.4 Å². The Labute approximate surface area is 118 Å². The van der Waals surface area contributed by atoms with Gasteiger partial charge in [0.25, 0.3) is 0 Å². The zero-order chi connectivity index (χ0) is 13.7. The number of hydrogen-bond acceptors (Lipinski definition) is 2. The summed E-state index contributed by atoms with van der Waals surface area (Å²) < 4.78 is 12.7. The Morgan fingerprint density at radius 3 is 2.68 bits per heavy atom. The van der Waals surface area contributed by atoms with E-state index < -0.39 is 0 Å². The fourth-order valence-corrected chi connectivity index (χ4v) is 2.53. The fourth-order valence-electron chi connectivity index (χ4n) is 1.76. The van der Waals surface area contributed by atoms with Gasteiger partial charge in [-0.3, -0.25) is 4.99 Å². The number of thioether (sulfide) groups is 1. The summed E-state index contributed by atoms with van der Waals surface area (Å²) in [6.07, 6.45) is 1.23. The molecule has 0 amide bonds. The highest BCUT2D eigenvalue weighted by Crippen LogP contribution is 2.28. The minimum Gasteiger partial charge on any atom is -0.356 e. The lowest BCUT2D eigenvalue weighted by atomic mass is 10.4. The van der Waals surface area contributed by atoms with Crippen LogP contribution in [0.5, 0.6) is 0 Å². The number of halogens is 1. The maximum Gasteiger partial charge on any atom is 0.191 e. The van der Waals surface area contributed by atoms with Crippen LogP contribution in [0.1, 0.15) is 13.3 Å². The van der Waals surface area contributed by atoms with Gasteiger partial charge < -0.3 is 10.6 Å². The van der Waals surface area contributed by atoms with Gasteiger partial charge in [-0.25, -0.2) is 4.39 Å². The first kappa shape index (κ1) is 14.2. The molecule has 1 fully saturated rings. The quantitative estimate of drug-likeness (QED) is 0.377. The molecular formula is C14H20FN3S. The second-order valence-electron chi connectivity index (χ2n) is 4.77. The molecular weight excluding hydrogens is 261 g/mol. The highest BCUT2D eigenvalue weighted by molar-refractivity contribution is 7.99. The van der Waals surface area contributed by atoms with Crippen LogP contribution in [0.2, 0.25) is 0 Å². The van der Waals surface area contributed by atoms with Crippen LogP contribution in [0, 0.1) is 11.7 Å². The number of benzene rings is 1. The summed E-state index contributed by atoms with van der Waals surface area (Å²) >= 11 is 1.70. The van der Waals surface area contributed by atoms with Crippen LogP contribution in [0.3, 0.4) is 0 Å². The molecule has 0 heterocycles. The van der Waals surface area contributed by atoms with Crippen molar-refractivity contribution in [2.75, 3.05) is 19.3 Å². The van der Waals surface area contributed by atoms with Gasteiger partial charge in [-0.2, -0.15) is 0 Å². The maximum absolute atomic E-state index is 12.7. The van der Waals surface area contributed by atoms with Crippen molar-refractivity contribution in [3.63, 3.8) is 0 Å². The Morgan fingerprint density at radius 1 is 1.42 bits per heavy atom. The second-order valence-corrected chi connectivity index (χ2v) is 5.93. The largest absolute Gasteiger partial charge is 0.356 e. The van der Waals surface area contributed by atoms with Crippen LogP contribution >= 0.6 is 11.8 Å². The van der Waals surface area contributed by atoms with Crippen molar-refractivity contribution < 1.29 is 4.39 Å². The summed E-state index contributed by atoms with van der Waals surface area (Å²) in [5.74, 6) is 2.36. The molecule has 0 aliphatic heterocycles. The molecule has 0 saturated heterocycles. The molecule has 2 atom stereocenters. The molecule has 2 unspecified atom stereocenters. The zero-order valence-corrected chi connectivity index (χ0v) is 12.1. The summed E-state index contributed by atoms with van der Waals surface area (Å²) in [5.41, 5.74) is 0. The van der Waals surface area contributed by atoms with Gasteiger partial charge in [-0.15, -0.1) is 11.8 Å². The van der Waals surface area contributed by atoms with E-state index in [1.54, 1.807) is 30.9 Å². The molecule has 1 aliphatic carbocycles. The molecule has 1 aliphatic rings. The van der Waals surface area contributed by atoms with Gasteiger partial charge in [-0.05, 0) is 36.6 Å². The first-order valence-corrected chi connectivity index (χ1v) is 7.53. The number of guanidine groups is 1. The summed E-state index contributed by atoms with van der Waals surface area (Å²) in [5, 5.41) is 6.66. The molecule has 0 aromatic heterocycles. The first-order chi connectivity index (χ1) is 9.19. The predicted octanol–water partition coefficient (Wildman–Crippen LogP) is 2.49.